The van der Waals surface area contributed by atoms with Crippen LogP contribution in [0.5, 0.6) is 0 Å². The summed E-state index contributed by atoms with van der Waals surface area (Å²) < 4.78 is 0. The average Bonchev–Trinajstić information content (AvgIpc) is 2.63. The molecule has 0 N–H and O–H groups in total. The number of hydrogen-bond donors (Lipinski definition) is 0. The number of allylic oxidation sites excluding steroid dienone is 1. The number of aryl methyl sites for hydroxylation is 2. The Morgan fingerprint density at radius 1 is 0.875 bits per heavy atom. The molecule has 2 aromatic rings. The third kappa shape index (κ3) is 4.74. The van der Waals surface area contributed by atoms with Crippen LogP contribution < -0.4 is 0 Å². The molecular weight excluding hydrogens is 312 g/mol. The zero-order valence-corrected chi connectivity index (χ0v) is 15.3. The smallest absolute Gasteiger partial charge is 0.000525 e. The first kappa shape index (κ1) is 17.3. The zero-order chi connectivity index (χ0) is 16.8. The highest BCUT2D eigenvalue weighted by Gasteiger charge is 2.19. The van der Waals surface area contributed by atoms with Crippen molar-refractivity contribution in [3.63, 3.8) is 0 Å². The molecule has 1 saturated carbocycles. The molecule has 0 aliphatic heterocycles. The SMILES string of the molecule is Cc1ccc(-c2ccc(CCC3CCC(C=CCl)CC3)cc2)cc1. The first-order valence-corrected chi connectivity index (χ1v) is 9.61. The first-order valence-electron chi connectivity index (χ1n) is 9.17. The van der Waals surface area contributed by atoms with Crippen molar-refractivity contribution in [2.75, 3.05) is 0 Å². The van der Waals surface area contributed by atoms with Crippen LogP contribution in [-0.2, 0) is 6.42 Å². The molecule has 126 valence electrons. The zero-order valence-electron chi connectivity index (χ0n) is 14.5. The van der Waals surface area contributed by atoms with Gasteiger partial charge >= 0.3 is 0 Å². The van der Waals surface area contributed by atoms with Crippen molar-refractivity contribution in [1.29, 1.82) is 0 Å². The summed E-state index contributed by atoms with van der Waals surface area (Å²) in [5, 5.41) is 0. The van der Waals surface area contributed by atoms with E-state index in [0.29, 0.717) is 5.92 Å². The van der Waals surface area contributed by atoms with Crippen LogP contribution in [0.15, 0.2) is 60.1 Å². The lowest BCUT2D eigenvalue weighted by Crippen LogP contribution is -2.13. The first-order chi connectivity index (χ1) is 11.7. The van der Waals surface area contributed by atoms with Crippen LogP contribution >= 0.6 is 11.6 Å². The summed E-state index contributed by atoms with van der Waals surface area (Å²) in [5.41, 5.74) is 7.09. The van der Waals surface area contributed by atoms with Crippen LogP contribution in [0.2, 0.25) is 0 Å². The maximum atomic E-state index is 5.70. The third-order valence-electron chi connectivity index (χ3n) is 5.42. The Morgan fingerprint density at radius 3 is 2.04 bits per heavy atom. The van der Waals surface area contributed by atoms with Crippen LogP contribution in [0, 0.1) is 18.8 Å². The molecule has 2 aromatic carbocycles. The molecule has 0 unspecified atom stereocenters. The van der Waals surface area contributed by atoms with E-state index in [4.69, 9.17) is 11.6 Å². The molecule has 0 bridgehead atoms. The predicted molar refractivity (Wildman–Crippen MR) is 105 cm³/mol. The maximum Gasteiger partial charge on any atom is 0.000525 e. The lowest BCUT2D eigenvalue weighted by molar-refractivity contribution is 0.296. The number of rotatable bonds is 5. The van der Waals surface area contributed by atoms with E-state index >= 15 is 0 Å². The molecule has 0 radical (unpaired) electrons. The van der Waals surface area contributed by atoms with Crippen LogP contribution in [0.3, 0.4) is 0 Å². The normalized spacial score (nSPS) is 21.2. The summed E-state index contributed by atoms with van der Waals surface area (Å²) >= 11 is 5.70. The van der Waals surface area contributed by atoms with Gasteiger partial charge in [0, 0.05) is 5.54 Å². The van der Waals surface area contributed by atoms with Gasteiger partial charge in [0.2, 0.25) is 0 Å². The van der Waals surface area contributed by atoms with E-state index in [0.717, 1.165) is 5.92 Å². The van der Waals surface area contributed by atoms with Crippen LogP contribution in [0.1, 0.15) is 43.2 Å². The van der Waals surface area contributed by atoms with Crippen molar-refractivity contribution < 1.29 is 0 Å². The van der Waals surface area contributed by atoms with Gasteiger partial charge in [-0.1, -0.05) is 71.8 Å². The highest BCUT2D eigenvalue weighted by atomic mass is 35.5. The largest absolute Gasteiger partial charge is 0.0933 e. The van der Waals surface area contributed by atoms with E-state index < -0.39 is 0 Å². The van der Waals surface area contributed by atoms with Crippen molar-refractivity contribution in [2.24, 2.45) is 11.8 Å². The van der Waals surface area contributed by atoms with E-state index in [2.05, 4.69) is 61.5 Å². The molecule has 0 spiro atoms. The molecule has 0 amide bonds. The summed E-state index contributed by atoms with van der Waals surface area (Å²) in [6.07, 6.45) is 10.0. The minimum Gasteiger partial charge on any atom is -0.0933 e. The van der Waals surface area contributed by atoms with Crippen molar-refractivity contribution in [1.82, 2.24) is 0 Å². The Labute approximate surface area is 151 Å². The van der Waals surface area contributed by atoms with Gasteiger partial charge in [0.25, 0.3) is 0 Å². The lowest BCUT2D eigenvalue weighted by Gasteiger charge is -2.26. The van der Waals surface area contributed by atoms with Gasteiger partial charge in [0.05, 0.1) is 0 Å². The van der Waals surface area contributed by atoms with E-state index in [1.54, 1.807) is 5.54 Å². The molecule has 24 heavy (non-hydrogen) atoms. The van der Waals surface area contributed by atoms with Gasteiger partial charge in [0.1, 0.15) is 0 Å². The quantitative estimate of drug-likeness (QED) is 0.542. The third-order valence-corrected chi connectivity index (χ3v) is 5.56. The fourth-order valence-corrected chi connectivity index (χ4v) is 3.96. The van der Waals surface area contributed by atoms with Crippen molar-refractivity contribution in [3.05, 3.63) is 71.3 Å². The molecule has 1 heteroatoms. The highest BCUT2D eigenvalue weighted by Crippen LogP contribution is 2.32. The highest BCUT2D eigenvalue weighted by molar-refractivity contribution is 6.25. The topological polar surface area (TPSA) is 0 Å². The predicted octanol–water partition coefficient (Wildman–Crippen LogP) is 7.15. The molecule has 1 aliphatic carbocycles. The monoisotopic (exact) mass is 338 g/mol. The maximum absolute atomic E-state index is 5.70. The van der Waals surface area contributed by atoms with E-state index in [9.17, 15) is 0 Å². The number of hydrogen-bond acceptors (Lipinski definition) is 0. The lowest BCUT2D eigenvalue weighted by atomic mass is 9.79. The Kier molecular flexibility index (Phi) is 6.15. The molecule has 1 fully saturated rings. The molecular formula is C23H27Cl. The fraction of sp³-hybridized carbons (Fsp3) is 0.391. The second-order valence-electron chi connectivity index (χ2n) is 7.20. The number of halogens is 1. The van der Waals surface area contributed by atoms with Gasteiger partial charge < -0.3 is 0 Å². The van der Waals surface area contributed by atoms with Gasteiger partial charge in [-0.05, 0) is 74.0 Å². The minimum atomic E-state index is 0.715. The molecule has 0 atom stereocenters. The Balaban J connectivity index is 1.51. The van der Waals surface area contributed by atoms with Crippen molar-refractivity contribution in [3.8, 4) is 11.1 Å². The Bertz CT molecular complexity index is 643. The second-order valence-corrected chi connectivity index (χ2v) is 7.45. The molecule has 0 saturated heterocycles. The van der Waals surface area contributed by atoms with E-state index in [1.807, 2.05) is 0 Å². The second kappa shape index (κ2) is 8.53. The minimum absolute atomic E-state index is 0.715. The van der Waals surface area contributed by atoms with Crippen LogP contribution in [0.4, 0.5) is 0 Å². The van der Waals surface area contributed by atoms with Gasteiger partial charge in [-0.25, -0.2) is 0 Å². The van der Waals surface area contributed by atoms with Crippen LogP contribution in [0.25, 0.3) is 11.1 Å². The van der Waals surface area contributed by atoms with Gasteiger partial charge in [-0.15, -0.1) is 0 Å². The number of benzene rings is 2. The molecule has 0 heterocycles. The van der Waals surface area contributed by atoms with E-state index in [1.165, 1.54) is 60.8 Å². The summed E-state index contributed by atoms with van der Waals surface area (Å²) in [7, 11) is 0. The van der Waals surface area contributed by atoms with Crippen LogP contribution in [-0.4, -0.2) is 0 Å². The molecule has 0 aromatic heterocycles. The Morgan fingerprint density at radius 2 is 1.46 bits per heavy atom. The van der Waals surface area contributed by atoms with Gasteiger partial charge in [0.15, 0.2) is 0 Å². The summed E-state index contributed by atoms with van der Waals surface area (Å²) in [6.45, 7) is 2.13. The summed E-state index contributed by atoms with van der Waals surface area (Å²) in [5.74, 6) is 1.61. The summed E-state index contributed by atoms with van der Waals surface area (Å²) in [6, 6.07) is 17.9. The van der Waals surface area contributed by atoms with E-state index in [-0.39, 0.29) is 0 Å². The molecule has 1 aliphatic rings. The van der Waals surface area contributed by atoms with Crippen molar-refractivity contribution >= 4 is 11.6 Å². The molecule has 3 rings (SSSR count). The average molecular weight is 339 g/mol. The summed E-state index contributed by atoms with van der Waals surface area (Å²) in [4.78, 5) is 0. The Hall–Kier alpha value is -1.53. The van der Waals surface area contributed by atoms with Crippen molar-refractivity contribution in [2.45, 2.75) is 45.4 Å². The molecule has 0 nitrogen and oxygen atoms in total. The standard InChI is InChI=1S/C23H27Cl/c1-18-2-12-22(13-3-18)23-14-10-20(11-15-23)5-4-19-6-8-21(9-7-19)16-17-24/h2-3,10-17,19,21H,4-9H2,1H3. The van der Waals surface area contributed by atoms with Gasteiger partial charge in [-0.3, -0.25) is 0 Å². The van der Waals surface area contributed by atoms with Gasteiger partial charge in [-0.2, -0.15) is 0 Å². The fourth-order valence-electron chi connectivity index (χ4n) is 3.75.